The number of hydrogen-bond acceptors (Lipinski definition) is 4. The number of ether oxygens (including phenoxy) is 1. The molecule has 1 aliphatic rings. The first-order valence-electron chi connectivity index (χ1n) is 6.04. The van der Waals surface area contributed by atoms with Crippen LogP contribution in [0.25, 0.3) is 0 Å². The Labute approximate surface area is 103 Å². The molecule has 4 nitrogen and oxygen atoms in total. The summed E-state index contributed by atoms with van der Waals surface area (Å²) in [6.45, 7) is 2.25. The summed E-state index contributed by atoms with van der Waals surface area (Å²) in [5.74, 6) is 1.30. The zero-order chi connectivity index (χ0) is 12.4. The lowest BCUT2D eigenvalue weighted by atomic mass is 9.88. The van der Waals surface area contributed by atoms with Gasteiger partial charge in [0.15, 0.2) is 0 Å². The average molecular weight is 235 g/mol. The molecule has 1 heterocycles. The molecule has 1 saturated heterocycles. The van der Waals surface area contributed by atoms with E-state index in [0.29, 0.717) is 17.3 Å². The zero-order valence-electron chi connectivity index (χ0n) is 10.6. The highest BCUT2D eigenvalue weighted by Gasteiger charge is 2.22. The SMILES string of the molecule is COc1c(C2CCN(C)CC2)ccc(N)c1N. The molecule has 0 bridgehead atoms. The highest BCUT2D eigenvalue weighted by Crippen LogP contribution is 2.39. The van der Waals surface area contributed by atoms with Crippen molar-refractivity contribution in [3.8, 4) is 5.75 Å². The van der Waals surface area contributed by atoms with Gasteiger partial charge in [-0.2, -0.15) is 0 Å². The van der Waals surface area contributed by atoms with Crippen LogP contribution in [0.1, 0.15) is 24.3 Å². The minimum absolute atomic E-state index is 0.532. The van der Waals surface area contributed by atoms with Gasteiger partial charge in [-0.1, -0.05) is 6.07 Å². The molecule has 0 radical (unpaired) electrons. The largest absolute Gasteiger partial charge is 0.494 e. The molecule has 4 N–H and O–H groups in total. The van der Waals surface area contributed by atoms with Crippen molar-refractivity contribution >= 4 is 11.4 Å². The number of methoxy groups -OCH3 is 1. The summed E-state index contributed by atoms with van der Waals surface area (Å²) < 4.78 is 5.42. The van der Waals surface area contributed by atoms with Gasteiger partial charge in [0.25, 0.3) is 0 Å². The average Bonchev–Trinajstić information content (AvgIpc) is 2.34. The summed E-state index contributed by atoms with van der Waals surface area (Å²) in [7, 11) is 3.81. The number of likely N-dealkylation sites (tertiary alicyclic amines) is 1. The Bertz CT molecular complexity index is 398. The Morgan fingerprint density at radius 1 is 1.24 bits per heavy atom. The van der Waals surface area contributed by atoms with Gasteiger partial charge in [0.05, 0.1) is 18.5 Å². The molecule has 1 aromatic carbocycles. The van der Waals surface area contributed by atoms with Crippen LogP contribution in [0.15, 0.2) is 12.1 Å². The van der Waals surface area contributed by atoms with Crippen molar-refractivity contribution < 1.29 is 4.74 Å². The highest BCUT2D eigenvalue weighted by molar-refractivity contribution is 5.73. The highest BCUT2D eigenvalue weighted by atomic mass is 16.5. The number of nitrogens with zero attached hydrogens (tertiary/aromatic N) is 1. The first-order chi connectivity index (χ1) is 8.13. The second-order valence-electron chi connectivity index (χ2n) is 4.77. The standard InChI is InChI=1S/C13H21N3O/c1-16-7-5-9(6-8-16)10-3-4-11(14)12(15)13(10)17-2/h3-4,9H,5-8,14-15H2,1-2H3. The minimum Gasteiger partial charge on any atom is -0.494 e. The Morgan fingerprint density at radius 3 is 2.47 bits per heavy atom. The molecule has 1 aliphatic heterocycles. The van der Waals surface area contributed by atoms with Gasteiger partial charge in [-0.3, -0.25) is 0 Å². The van der Waals surface area contributed by atoms with Crippen LogP contribution in [-0.4, -0.2) is 32.1 Å². The third-order valence-electron chi connectivity index (χ3n) is 3.62. The van der Waals surface area contributed by atoms with Crippen molar-refractivity contribution in [2.45, 2.75) is 18.8 Å². The van der Waals surface area contributed by atoms with Crippen molar-refractivity contribution in [3.63, 3.8) is 0 Å². The van der Waals surface area contributed by atoms with E-state index in [-0.39, 0.29) is 0 Å². The first kappa shape index (κ1) is 12.0. The van der Waals surface area contributed by atoms with Crippen molar-refractivity contribution in [2.75, 3.05) is 38.7 Å². The predicted molar refractivity (Wildman–Crippen MR) is 71.3 cm³/mol. The van der Waals surface area contributed by atoms with Crippen LogP contribution >= 0.6 is 0 Å². The van der Waals surface area contributed by atoms with E-state index in [2.05, 4.69) is 18.0 Å². The summed E-state index contributed by atoms with van der Waals surface area (Å²) in [6.07, 6.45) is 2.30. The van der Waals surface area contributed by atoms with Crippen LogP contribution in [-0.2, 0) is 0 Å². The molecule has 94 valence electrons. The molecule has 0 aliphatic carbocycles. The van der Waals surface area contributed by atoms with Crippen LogP contribution in [0.4, 0.5) is 11.4 Å². The second-order valence-corrected chi connectivity index (χ2v) is 4.77. The smallest absolute Gasteiger partial charge is 0.147 e. The van der Waals surface area contributed by atoms with Gasteiger partial charge in [-0.15, -0.1) is 0 Å². The third kappa shape index (κ3) is 2.31. The molecular formula is C13H21N3O. The lowest BCUT2D eigenvalue weighted by molar-refractivity contribution is 0.252. The number of anilines is 2. The Kier molecular flexibility index (Phi) is 3.43. The Morgan fingerprint density at radius 2 is 1.88 bits per heavy atom. The van der Waals surface area contributed by atoms with E-state index in [1.54, 1.807) is 7.11 Å². The maximum Gasteiger partial charge on any atom is 0.147 e. The second kappa shape index (κ2) is 4.84. The number of piperidine rings is 1. The Balaban J connectivity index is 2.29. The molecule has 1 aromatic rings. The Hall–Kier alpha value is -1.42. The monoisotopic (exact) mass is 235 g/mol. The van der Waals surface area contributed by atoms with Gasteiger partial charge < -0.3 is 21.1 Å². The fourth-order valence-electron chi connectivity index (χ4n) is 2.50. The summed E-state index contributed by atoms with van der Waals surface area (Å²) in [5, 5.41) is 0. The molecule has 0 saturated carbocycles. The van der Waals surface area contributed by atoms with E-state index >= 15 is 0 Å². The number of nitrogen functional groups attached to an aromatic ring is 2. The van der Waals surface area contributed by atoms with Gasteiger partial charge in [0, 0.05) is 0 Å². The maximum atomic E-state index is 5.97. The van der Waals surface area contributed by atoms with Crippen molar-refractivity contribution in [3.05, 3.63) is 17.7 Å². The van der Waals surface area contributed by atoms with Crippen LogP contribution in [0.3, 0.4) is 0 Å². The van der Waals surface area contributed by atoms with Crippen LogP contribution < -0.4 is 16.2 Å². The third-order valence-corrected chi connectivity index (χ3v) is 3.62. The van der Waals surface area contributed by atoms with Gasteiger partial charge in [-0.05, 0) is 50.5 Å². The molecule has 4 heteroatoms. The molecule has 2 rings (SSSR count). The van der Waals surface area contributed by atoms with Crippen LogP contribution in [0.2, 0.25) is 0 Å². The molecule has 17 heavy (non-hydrogen) atoms. The molecule has 0 aromatic heterocycles. The van der Waals surface area contributed by atoms with Crippen LogP contribution in [0, 0.1) is 0 Å². The van der Waals surface area contributed by atoms with Crippen LogP contribution in [0.5, 0.6) is 5.75 Å². The molecule has 0 atom stereocenters. The first-order valence-corrected chi connectivity index (χ1v) is 6.04. The van der Waals surface area contributed by atoms with Crippen molar-refractivity contribution in [1.29, 1.82) is 0 Å². The normalized spacial score (nSPS) is 18.2. The number of rotatable bonds is 2. The predicted octanol–water partition coefficient (Wildman–Crippen LogP) is 1.67. The topological polar surface area (TPSA) is 64.5 Å². The zero-order valence-corrected chi connectivity index (χ0v) is 10.6. The van der Waals surface area contributed by atoms with E-state index in [0.717, 1.165) is 31.7 Å². The number of nitrogens with two attached hydrogens (primary N) is 2. The lowest BCUT2D eigenvalue weighted by Gasteiger charge is -2.30. The fourth-order valence-corrected chi connectivity index (χ4v) is 2.50. The molecule has 0 unspecified atom stereocenters. The quantitative estimate of drug-likeness (QED) is 0.765. The molecule has 0 spiro atoms. The van der Waals surface area contributed by atoms with E-state index in [1.807, 2.05) is 6.07 Å². The maximum absolute atomic E-state index is 5.97. The van der Waals surface area contributed by atoms with E-state index in [1.165, 1.54) is 5.56 Å². The molecule has 0 amide bonds. The fraction of sp³-hybridized carbons (Fsp3) is 0.538. The summed E-state index contributed by atoms with van der Waals surface area (Å²) in [5.41, 5.74) is 14.1. The van der Waals surface area contributed by atoms with E-state index < -0.39 is 0 Å². The van der Waals surface area contributed by atoms with Gasteiger partial charge in [0.2, 0.25) is 0 Å². The lowest BCUT2D eigenvalue weighted by Crippen LogP contribution is -2.29. The van der Waals surface area contributed by atoms with E-state index in [4.69, 9.17) is 16.2 Å². The van der Waals surface area contributed by atoms with Gasteiger partial charge in [0.1, 0.15) is 5.75 Å². The minimum atomic E-state index is 0.532. The summed E-state index contributed by atoms with van der Waals surface area (Å²) >= 11 is 0. The van der Waals surface area contributed by atoms with Crippen molar-refractivity contribution in [1.82, 2.24) is 4.90 Å². The van der Waals surface area contributed by atoms with E-state index in [9.17, 15) is 0 Å². The van der Waals surface area contributed by atoms with Gasteiger partial charge >= 0.3 is 0 Å². The number of benzene rings is 1. The molecular weight excluding hydrogens is 214 g/mol. The molecule has 1 fully saturated rings. The summed E-state index contributed by atoms with van der Waals surface area (Å²) in [4.78, 5) is 2.35. The summed E-state index contributed by atoms with van der Waals surface area (Å²) in [6, 6.07) is 3.94. The van der Waals surface area contributed by atoms with Gasteiger partial charge in [-0.25, -0.2) is 0 Å². The van der Waals surface area contributed by atoms with Crippen molar-refractivity contribution in [2.24, 2.45) is 0 Å². The number of hydrogen-bond donors (Lipinski definition) is 2.